The normalized spacial score (nSPS) is 28.2. The molecular weight excluding hydrogens is 612 g/mol. The lowest BCUT2D eigenvalue weighted by Crippen LogP contribution is -2.44. The van der Waals surface area contributed by atoms with Crippen LogP contribution in [-0.4, -0.2) is 95.7 Å². The summed E-state index contributed by atoms with van der Waals surface area (Å²) in [6.45, 7) is 7.95. The molecule has 5 heterocycles. The summed E-state index contributed by atoms with van der Waals surface area (Å²) in [5.74, 6) is -0.0897. The van der Waals surface area contributed by atoms with Crippen LogP contribution in [0.2, 0.25) is 5.02 Å². The highest BCUT2D eigenvalue weighted by molar-refractivity contribution is 9.10. The monoisotopic (exact) mass is 643 g/mol. The van der Waals surface area contributed by atoms with Gasteiger partial charge in [0.05, 0.1) is 28.0 Å². The molecule has 1 aromatic carbocycles. The zero-order valence-electron chi connectivity index (χ0n) is 23.0. The van der Waals surface area contributed by atoms with E-state index in [4.69, 9.17) is 30.8 Å². The van der Waals surface area contributed by atoms with E-state index in [-0.39, 0.29) is 51.9 Å². The largest absolute Gasteiger partial charge is 0.491 e. The predicted molar refractivity (Wildman–Crippen MR) is 150 cm³/mol. The van der Waals surface area contributed by atoms with E-state index >= 15 is 4.39 Å². The Balaban J connectivity index is 1.37. The first-order valence-electron chi connectivity index (χ1n) is 13.6. The summed E-state index contributed by atoms with van der Waals surface area (Å²) in [6.07, 6.45) is 0.887. The predicted octanol–water partition coefficient (Wildman–Crippen LogP) is 5.20. The number of nitrogens with zero attached hydrogens (tertiary/aromatic N) is 5. The van der Waals surface area contributed by atoms with Crippen LogP contribution in [0.5, 0.6) is 11.8 Å². The summed E-state index contributed by atoms with van der Waals surface area (Å²) in [5, 5.41) is 0.415. The number of likely N-dealkylation sites (N-methyl/N-ethyl adjacent to an activating group) is 1. The minimum Gasteiger partial charge on any atom is -0.491 e. The van der Waals surface area contributed by atoms with Gasteiger partial charge in [-0.25, -0.2) is 13.6 Å². The Morgan fingerprint density at radius 1 is 1.27 bits per heavy atom. The van der Waals surface area contributed by atoms with Crippen LogP contribution < -0.4 is 14.4 Å². The standard InChI is InChI=1S/C27H33BrClF2N5O4/c1-26(2,3)40-25(37)35-9-14-12-38-22-17-21(20(31)18(28)19(22)29)32-24(33-23(17)34(4)16(14)11-35)39-13-27-6-5-7-36(27)10-15(30)8-27/h14-16H,5-13H2,1-4H3/t14?,15-,16?,27+/m1/s1. The minimum absolute atomic E-state index is 0.00363. The summed E-state index contributed by atoms with van der Waals surface area (Å²) in [5.41, 5.74) is -1.03. The molecule has 6 rings (SSSR count). The molecule has 3 fully saturated rings. The zero-order chi connectivity index (χ0) is 28.6. The van der Waals surface area contributed by atoms with Crippen LogP contribution >= 0.6 is 27.5 Å². The Hall–Kier alpha value is -2.18. The van der Waals surface area contributed by atoms with Crippen molar-refractivity contribution in [1.82, 2.24) is 19.8 Å². The molecule has 0 bridgehead atoms. The molecule has 218 valence electrons. The van der Waals surface area contributed by atoms with Gasteiger partial charge in [0, 0.05) is 39.0 Å². The molecule has 2 unspecified atom stereocenters. The van der Waals surface area contributed by atoms with Gasteiger partial charge < -0.3 is 24.0 Å². The summed E-state index contributed by atoms with van der Waals surface area (Å²) in [4.78, 5) is 27.8. The molecule has 0 aliphatic carbocycles. The van der Waals surface area contributed by atoms with Gasteiger partial charge in [-0.15, -0.1) is 0 Å². The van der Waals surface area contributed by atoms with Crippen molar-refractivity contribution in [2.24, 2.45) is 5.92 Å². The molecule has 1 amide bonds. The Morgan fingerprint density at radius 3 is 2.80 bits per heavy atom. The van der Waals surface area contributed by atoms with Crippen LogP contribution in [-0.2, 0) is 4.74 Å². The second-order valence-electron chi connectivity index (χ2n) is 12.3. The number of amides is 1. The van der Waals surface area contributed by atoms with Crippen molar-refractivity contribution in [2.45, 2.75) is 63.4 Å². The van der Waals surface area contributed by atoms with Crippen molar-refractivity contribution in [2.75, 3.05) is 51.3 Å². The highest BCUT2D eigenvalue weighted by Crippen LogP contribution is 2.47. The second kappa shape index (κ2) is 9.97. The third kappa shape index (κ3) is 4.73. The van der Waals surface area contributed by atoms with Gasteiger partial charge in [0.15, 0.2) is 11.6 Å². The quantitative estimate of drug-likeness (QED) is 0.422. The first-order valence-corrected chi connectivity index (χ1v) is 14.8. The number of fused-ring (bicyclic) bond motifs is 2. The second-order valence-corrected chi connectivity index (χ2v) is 13.5. The highest BCUT2D eigenvalue weighted by Gasteiger charge is 2.49. The molecule has 9 nitrogen and oxygen atoms in total. The van der Waals surface area contributed by atoms with Crippen molar-refractivity contribution >= 4 is 50.3 Å². The topological polar surface area (TPSA) is 80.3 Å². The number of carbonyl (C=O) groups is 1. The van der Waals surface area contributed by atoms with Gasteiger partial charge in [-0.1, -0.05) is 11.6 Å². The Kier molecular flexibility index (Phi) is 6.97. The van der Waals surface area contributed by atoms with Gasteiger partial charge >= 0.3 is 12.1 Å². The summed E-state index contributed by atoms with van der Waals surface area (Å²) >= 11 is 9.82. The molecular formula is C27H33BrClF2N5O4. The summed E-state index contributed by atoms with van der Waals surface area (Å²) in [6, 6.07) is -0.195. The molecule has 4 aliphatic heterocycles. The van der Waals surface area contributed by atoms with Crippen molar-refractivity contribution < 1.29 is 27.8 Å². The maximum absolute atomic E-state index is 15.6. The molecule has 4 atom stereocenters. The number of hydrogen-bond donors (Lipinski definition) is 0. The van der Waals surface area contributed by atoms with E-state index in [9.17, 15) is 9.18 Å². The van der Waals surface area contributed by atoms with Gasteiger partial charge in [-0.2, -0.15) is 9.97 Å². The molecule has 13 heteroatoms. The van der Waals surface area contributed by atoms with Crippen LogP contribution in [0.1, 0.15) is 40.0 Å². The average molecular weight is 645 g/mol. The number of likely N-dealkylation sites (tertiary alicyclic amines) is 1. The molecule has 0 radical (unpaired) electrons. The van der Waals surface area contributed by atoms with E-state index in [0.717, 1.165) is 19.4 Å². The number of aromatic nitrogens is 2. The zero-order valence-corrected chi connectivity index (χ0v) is 25.3. The fraction of sp³-hybridized carbons (Fsp3) is 0.667. The van der Waals surface area contributed by atoms with E-state index in [1.54, 1.807) is 4.90 Å². The van der Waals surface area contributed by atoms with Gasteiger partial charge in [0.2, 0.25) is 0 Å². The third-order valence-electron chi connectivity index (χ3n) is 8.45. The fourth-order valence-electron chi connectivity index (χ4n) is 6.59. The molecule has 4 aliphatic rings. The smallest absolute Gasteiger partial charge is 0.410 e. The molecule has 3 saturated heterocycles. The van der Waals surface area contributed by atoms with Crippen molar-refractivity contribution in [3.63, 3.8) is 0 Å². The van der Waals surface area contributed by atoms with Crippen molar-refractivity contribution in [1.29, 1.82) is 0 Å². The highest BCUT2D eigenvalue weighted by atomic mass is 79.9. The van der Waals surface area contributed by atoms with E-state index in [0.29, 0.717) is 37.3 Å². The number of ether oxygens (including phenoxy) is 3. The Bertz CT molecular complexity index is 1360. The number of rotatable bonds is 3. The number of halogens is 4. The van der Waals surface area contributed by atoms with E-state index in [2.05, 4.69) is 25.8 Å². The average Bonchev–Trinajstić information content (AvgIpc) is 3.56. The van der Waals surface area contributed by atoms with Crippen LogP contribution in [0, 0.1) is 11.7 Å². The lowest BCUT2D eigenvalue weighted by molar-refractivity contribution is 0.0284. The van der Waals surface area contributed by atoms with Crippen LogP contribution in [0.3, 0.4) is 0 Å². The Morgan fingerprint density at radius 2 is 2.05 bits per heavy atom. The molecule has 2 aromatic rings. The van der Waals surface area contributed by atoms with Gasteiger partial charge in [0.1, 0.15) is 34.7 Å². The molecule has 1 aromatic heterocycles. The first-order chi connectivity index (χ1) is 18.9. The van der Waals surface area contributed by atoms with Gasteiger partial charge in [-0.05, 0) is 56.1 Å². The molecule has 0 saturated carbocycles. The number of benzene rings is 1. The minimum atomic E-state index is -0.900. The lowest BCUT2D eigenvalue weighted by atomic mass is 9.95. The van der Waals surface area contributed by atoms with Crippen LogP contribution in [0.25, 0.3) is 10.9 Å². The molecule has 40 heavy (non-hydrogen) atoms. The first kappa shape index (κ1) is 28.0. The summed E-state index contributed by atoms with van der Waals surface area (Å²) in [7, 11) is 1.85. The van der Waals surface area contributed by atoms with Crippen molar-refractivity contribution in [3.8, 4) is 11.8 Å². The van der Waals surface area contributed by atoms with Crippen molar-refractivity contribution in [3.05, 3.63) is 15.3 Å². The molecule has 0 spiro atoms. The SMILES string of the molecule is CN1c2nc(OC[C@@]34CCCN3C[C@H](F)C4)nc3c(F)c(Br)c(Cl)c(c23)OCC2CN(C(=O)OC(C)(C)C)CC21. The van der Waals surface area contributed by atoms with Gasteiger partial charge in [-0.3, -0.25) is 4.90 Å². The fourth-order valence-corrected chi connectivity index (χ4v) is 7.19. The van der Waals surface area contributed by atoms with E-state index in [1.165, 1.54) is 0 Å². The third-order valence-corrected chi connectivity index (χ3v) is 9.79. The molecule has 0 N–H and O–H groups in total. The Labute approximate surface area is 245 Å². The maximum atomic E-state index is 15.6. The summed E-state index contributed by atoms with van der Waals surface area (Å²) < 4.78 is 47.9. The van der Waals surface area contributed by atoms with Gasteiger partial charge in [0.25, 0.3) is 0 Å². The van der Waals surface area contributed by atoms with E-state index in [1.807, 2.05) is 32.7 Å². The van der Waals surface area contributed by atoms with Crippen LogP contribution in [0.4, 0.5) is 19.4 Å². The number of alkyl halides is 1. The van der Waals surface area contributed by atoms with Crippen LogP contribution in [0.15, 0.2) is 4.47 Å². The number of carbonyl (C=O) groups excluding carboxylic acids is 1. The lowest BCUT2D eigenvalue weighted by Gasteiger charge is -2.34. The number of hydrogen-bond acceptors (Lipinski definition) is 8. The number of anilines is 1. The van der Waals surface area contributed by atoms with E-state index < -0.39 is 29.2 Å². The maximum Gasteiger partial charge on any atom is 0.410 e.